The summed E-state index contributed by atoms with van der Waals surface area (Å²) in [4.78, 5) is -0.0221. The number of nitrogen functional groups attached to an aromatic ring is 1. The number of rotatable bonds is 6. The summed E-state index contributed by atoms with van der Waals surface area (Å²) in [6.45, 7) is 6.34. The SMILES string of the molecule is CCOCC(C)Oc1cc(N)cc(S(N)(=O)=O)c1C. The van der Waals surface area contributed by atoms with Gasteiger partial charge in [0, 0.05) is 23.9 Å². The molecule has 0 amide bonds. The van der Waals surface area contributed by atoms with Crippen LogP contribution in [0.1, 0.15) is 19.4 Å². The van der Waals surface area contributed by atoms with Crippen molar-refractivity contribution < 1.29 is 17.9 Å². The second-order valence-electron chi connectivity index (χ2n) is 4.28. The van der Waals surface area contributed by atoms with Gasteiger partial charge in [0.05, 0.1) is 11.5 Å². The van der Waals surface area contributed by atoms with Gasteiger partial charge in [0.15, 0.2) is 0 Å². The molecule has 0 aliphatic carbocycles. The monoisotopic (exact) mass is 288 g/mol. The van der Waals surface area contributed by atoms with Gasteiger partial charge in [-0.1, -0.05) is 0 Å². The number of sulfonamides is 1. The van der Waals surface area contributed by atoms with Crippen LogP contribution in [0, 0.1) is 6.92 Å². The van der Waals surface area contributed by atoms with E-state index in [0.717, 1.165) is 0 Å². The molecule has 0 fully saturated rings. The molecule has 1 atom stereocenters. The van der Waals surface area contributed by atoms with Crippen molar-refractivity contribution in [3.63, 3.8) is 0 Å². The van der Waals surface area contributed by atoms with Crippen molar-refractivity contribution in [2.45, 2.75) is 31.8 Å². The van der Waals surface area contributed by atoms with Gasteiger partial charge in [-0.3, -0.25) is 0 Å². The molecule has 1 aromatic carbocycles. The second kappa shape index (κ2) is 6.23. The standard InChI is InChI=1S/C12H20N2O4S/c1-4-17-7-8(2)18-11-5-10(13)6-12(9(11)3)19(14,15)16/h5-6,8H,4,7,13H2,1-3H3,(H2,14,15,16). The van der Waals surface area contributed by atoms with E-state index in [1.165, 1.54) is 6.07 Å². The van der Waals surface area contributed by atoms with Gasteiger partial charge < -0.3 is 15.2 Å². The maximum Gasteiger partial charge on any atom is 0.238 e. The number of primary sulfonamides is 1. The fourth-order valence-electron chi connectivity index (χ4n) is 1.63. The molecule has 7 heteroatoms. The number of hydrogen-bond donors (Lipinski definition) is 2. The molecule has 1 aromatic rings. The highest BCUT2D eigenvalue weighted by Gasteiger charge is 2.17. The molecule has 6 nitrogen and oxygen atoms in total. The lowest BCUT2D eigenvalue weighted by Crippen LogP contribution is -2.21. The Labute approximate surface area is 113 Å². The third kappa shape index (κ3) is 4.38. The van der Waals surface area contributed by atoms with Crippen LogP contribution in [0.25, 0.3) is 0 Å². The average molecular weight is 288 g/mol. The van der Waals surface area contributed by atoms with Crippen LogP contribution in [0.4, 0.5) is 5.69 Å². The van der Waals surface area contributed by atoms with E-state index in [2.05, 4.69) is 0 Å². The van der Waals surface area contributed by atoms with Crippen molar-refractivity contribution in [2.24, 2.45) is 5.14 Å². The van der Waals surface area contributed by atoms with Gasteiger partial charge >= 0.3 is 0 Å². The number of anilines is 1. The molecule has 1 rings (SSSR count). The summed E-state index contributed by atoms with van der Waals surface area (Å²) in [5.41, 5.74) is 6.40. The molecular formula is C12H20N2O4S. The summed E-state index contributed by atoms with van der Waals surface area (Å²) in [7, 11) is -3.82. The largest absolute Gasteiger partial charge is 0.488 e. The van der Waals surface area contributed by atoms with E-state index in [4.69, 9.17) is 20.3 Å². The molecule has 0 bridgehead atoms. The third-order valence-corrected chi connectivity index (χ3v) is 3.56. The number of benzene rings is 1. The van der Waals surface area contributed by atoms with Crippen molar-refractivity contribution in [2.75, 3.05) is 18.9 Å². The summed E-state index contributed by atoms with van der Waals surface area (Å²) in [6.07, 6.45) is -0.214. The number of ether oxygens (including phenoxy) is 2. The highest BCUT2D eigenvalue weighted by molar-refractivity contribution is 7.89. The molecule has 0 saturated carbocycles. The van der Waals surface area contributed by atoms with Gasteiger partial charge in [0.25, 0.3) is 0 Å². The highest BCUT2D eigenvalue weighted by atomic mass is 32.2. The Morgan fingerprint density at radius 1 is 1.37 bits per heavy atom. The van der Waals surface area contributed by atoms with Crippen LogP contribution in [0.2, 0.25) is 0 Å². The Hall–Kier alpha value is -1.31. The van der Waals surface area contributed by atoms with Crippen molar-refractivity contribution >= 4 is 15.7 Å². The molecule has 0 aromatic heterocycles. The van der Waals surface area contributed by atoms with Gasteiger partial charge in [0.2, 0.25) is 10.0 Å². The first kappa shape index (κ1) is 15.7. The molecule has 108 valence electrons. The lowest BCUT2D eigenvalue weighted by atomic mass is 10.2. The Balaban J connectivity index is 3.05. The van der Waals surface area contributed by atoms with E-state index in [9.17, 15) is 8.42 Å². The molecule has 1 unspecified atom stereocenters. The minimum Gasteiger partial charge on any atom is -0.488 e. The van der Waals surface area contributed by atoms with Crippen LogP contribution in [0.15, 0.2) is 17.0 Å². The second-order valence-corrected chi connectivity index (χ2v) is 5.80. The van der Waals surface area contributed by atoms with Gasteiger partial charge in [-0.15, -0.1) is 0 Å². The molecular weight excluding hydrogens is 268 g/mol. The highest BCUT2D eigenvalue weighted by Crippen LogP contribution is 2.28. The quantitative estimate of drug-likeness (QED) is 0.761. The fourth-order valence-corrected chi connectivity index (χ4v) is 2.46. The molecule has 0 heterocycles. The maximum absolute atomic E-state index is 11.5. The Kier molecular flexibility index (Phi) is 5.16. The van der Waals surface area contributed by atoms with Crippen LogP contribution in [-0.4, -0.2) is 27.7 Å². The minimum absolute atomic E-state index is 0.0221. The zero-order valence-corrected chi connectivity index (χ0v) is 12.2. The fraction of sp³-hybridized carbons (Fsp3) is 0.500. The van der Waals surface area contributed by atoms with Crippen LogP contribution in [0.3, 0.4) is 0 Å². The topological polar surface area (TPSA) is 105 Å². The Morgan fingerprint density at radius 2 is 2.00 bits per heavy atom. The van der Waals surface area contributed by atoms with Crippen molar-refractivity contribution in [3.8, 4) is 5.75 Å². The predicted octanol–water partition coefficient (Wildman–Crippen LogP) is 1.03. The van der Waals surface area contributed by atoms with E-state index in [-0.39, 0.29) is 16.7 Å². The Bertz CT molecular complexity index is 543. The minimum atomic E-state index is -3.82. The van der Waals surface area contributed by atoms with Crippen LogP contribution >= 0.6 is 0 Å². The van der Waals surface area contributed by atoms with Gasteiger partial charge in [0.1, 0.15) is 11.9 Å². The van der Waals surface area contributed by atoms with E-state index in [1.807, 2.05) is 13.8 Å². The lowest BCUT2D eigenvalue weighted by molar-refractivity contribution is 0.0652. The van der Waals surface area contributed by atoms with E-state index < -0.39 is 10.0 Å². The maximum atomic E-state index is 11.5. The molecule has 0 radical (unpaired) electrons. The first-order valence-corrected chi connectivity index (χ1v) is 7.47. The summed E-state index contributed by atoms with van der Waals surface area (Å²) in [5, 5.41) is 5.14. The lowest BCUT2D eigenvalue weighted by Gasteiger charge is -2.18. The number of nitrogens with two attached hydrogens (primary N) is 2. The zero-order chi connectivity index (χ0) is 14.6. The first-order chi connectivity index (χ1) is 8.75. The Morgan fingerprint density at radius 3 is 2.53 bits per heavy atom. The molecule has 0 saturated heterocycles. The van der Waals surface area contributed by atoms with Crippen molar-refractivity contribution in [1.82, 2.24) is 0 Å². The average Bonchev–Trinajstić information content (AvgIpc) is 2.29. The van der Waals surface area contributed by atoms with Gasteiger partial charge in [-0.25, -0.2) is 13.6 Å². The van der Waals surface area contributed by atoms with Crippen LogP contribution < -0.4 is 15.6 Å². The van der Waals surface area contributed by atoms with E-state index in [1.54, 1.807) is 13.0 Å². The molecule has 0 aliphatic heterocycles. The van der Waals surface area contributed by atoms with Crippen LogP contribution in [-0.2, 0) is 14.8 Å². The smallest absolute Gasteiger partial charge is 0.238 e. The first-order valence-electron chi connectivity index (χ1n) is 5.93. The normalized spacial score (nSPS) is 13.3. The summed E-state index contributed by atoms with van der Waals surface area (Å²) in [5.74, 6) is 0.399. The zero-order valence-electron chi connectivity index (χ0n) is 11.3. The van der Waals surface area contributed by atoms with Gasteiger partial charge in [-0.2, -0.15) is 0 Å². The summed E-state index contributed by atoms with van der Waals surface area (Å²) < 4.78 is 33.8. The van der Waals surface area contributed by atoms with Crippen molar-refractivity contribution in [1.29, 1.82) is 0 Å². The van der Waals surface area contributed by atoms with E-state index in [0.29, 0.717) is 24.5 Å². The third-order valence-electron chi connectivity index (χ3n) is 2.53. The molecule has 4 N–H and O–H groups in total. The van der Waals surface area contributed by atoms with E-state index >= 15 is 0 Å². The van der Waals surface area contributed by atoms with Crippen molar-refractivity contribution in [3.05, 3.63) is 17.7 Å². The molecule has 0 spiro atoms. The van der Waals surface area contributed by atoms with Gasteiger partial charge in [-0.05, 0) is 26.8 Å². The predicted molar refractivity (Wildman–Crippen MR) is 73.5 cm³/mol. The summed E-state index contributed by atoms with van der Waals surface area (Å²) >= 11 is 0. The van der Waals surface area contributed by atoms with Crippen LogP contribution in [0.5, 0.6) is 5.75 Å². The number of hydrogen-bond acceptors (Lipinski definition) is 5. The molecule has 0 aliphatic rings. The molecule has 19 heavy (non-hydrogen) atoms. The summed E-state index contributed by atoms with van der Waals surface area (Å²) in [6, 6.07) is 2.90.